The van der Waals surface area contributed by atoms with Crippen LogP contribution in [0.2, 0.25) is 0 Å². The maximum Gasteiger partial charge on any atom is 0.167 e. The topological polar surface area (TPSA) is 58.2 Å². The van der Waals surface area contributed by atoms with Gasteiger partial charge in [-0.1, -0.05) is 60.7 Å². The van der Waals surface area contributed by atoms with Crippen LogP contribution in [0, 0.1) is 0 Å². The molecular formula is C24H20N2O2. The molecule has 0 aliphatic carbocycles. The molecule has 0 bridgehead atoms. The van der Waals surface area contributed by atoms with Gasteiger partial charge in [-0.3, -0.25) is 9.59 Å². The summed E-state index contributed by atoms with van der Waals surface area (Å²) in [5.41, 5.74) is 4.95. The Morgan fingerprint density at radius 1 is 0.607 bits per heavy atom. The summed E-state index contributed by atoms with van der Waals surface area (Å²) in [7, 11) is 0. The number of rotatable bonds is 2. The quantitative estimate of drug-likeness (QED) is 0.655. The number of nitrogens with one attached hydrogen (secondary N) is 2. The Morgan fingerprint density at radius 3 is 1.39 bits per heavy atom. The second-order valence-corrected chi connectivity index (χ2v) is 7.41. The number of benzene rings is 3. The van der Waals surface area contributed by atoms with Crippen molar-refractivity contribution in [3.63, 3.8) is 0 Å². The van der Waals surface area contributed by atoms with E-state index in [1.165, 1.54) is 0 Å². The smallest absolute Gasteiger partial charge is 0.167 e. The molecule has 4 nitrogen and oxygen atoms in total. The molecule has 0 spiro atoms. The summed E-state index contributed by atoms with van der Waals surface area (Å²) in [6, 6.07) is 23.4. The van der Waals surface area contributed by atoms with Gasteiger partial charge in [0, 0.05) is 35.3 Å². The number of hydrogen-bond donors (Lipinski definition) is 2. The predicted octanol–water partition coefficient (Wildman–Crippen LogP) is 5.17. The van der Waals surface area contributed by atoms with Gasteiger partial charge in [0.1, 0.15) is 0 Å². The van der Waals surface area contributed by atoms with Crippen molar-refractivity contribution in [2.45, 2.75) is 24.9 Å². The van der Waals surface area contributed by atoms with Crippen molar-refractivity contribution < 1.29 is 9.59 Å². The van der Waals surface area contributed by atoms with Crippen LogP contribution in [-0.2, 0) is 0 Å². The molecule has 138 valence electrons. The normalized spacial score (nSPS) is 20.6. The molecule has 28 heavy (non-hydrogen) atoms. The average molecular weight is 368 g/mol. The highest BCUT2D eigenvalue weighted by Gasteiger charge is 2.31. The molecule has 3 aromatic rings. The fourth-order valence-corrected chi connectivity index (χ4v) is 4.14. The molecule has 2 atom stereocenters. The van der Waals surface area contributed by atoms with Gasteiger partial charge in [0.25, 0.3) is 0 Å². The molecule has 2 unspecified atom stereocenters. The van der Waals surface area contributed by atoms with Crippen molar-refractivity contribution >= 4 is 22.9 Å². The lowest BCUT2D eigenvalue weighted by Gasteiger charge is -2.31. The van der Waals surface area contributed by atoms with Gasteiger partial charge in [0.05, 0.1) is 12.1 Å². The number of fused-ring (bicyclic) bond motifs is 2. The SMILES string of the molecule is O=C1CC(c2ccccc2)Nc2cc3c(cc21)NC(c1ccccc1)CC3=O. The molecule has 2 heterocycles. The fourth-order valence-electron chi connectivity index (χ4n) is 4.14. The fraction of sp³-hybridized carbons (Fsp3) is 0.167. The zero-order valence-electron chi connectivity index (χ0n) is 15.3. The molecule has 0 saturated heterocycles. The van der Waals surface area contributed by atoms with E-state index in [1.807, 2.05) is 72.8 Å². The van der Waals surface area contributed by atoms with E-state index in [1.54, 1.807) is 0 Å². The van der Waals surface area contributed by atoms with E-state index in [9.17, 15) is 9.59 Å². The molecule has 0 fully saturated rings. The van der Waals surface area contributed by atoms with E-state index in [0.29, 0.717) is 24.0 Å². The van der Waals surface area contributed by atoms with Crippen molar-refractivity contribution in [1.29, 1.82) is 0 Å². The van der Waals surface area contributed by atoms with Crippen LogP contribution in [0.3, 0.4) is 0 Å². The highest BCUT2D eigenvalue weighted by atomic mass is 16.1. The third-order valence-corrected chi connectivity index (χ3v) is 5.60. The van der Waals surface area contributed by atoms with Crippen LogP contribution in [-0.4, -0.2) is 11.6 Å². The van der Waals surface area contributed by atoms with Gasteiger partial charge in [0.15, 0.2) is 11.6 Å². The van der Waals surface area contributed by atoms with Crippen molar-refractivity contribution in [3.8, 4) is 0 Å². The van der Waals surface area contributed by atoms with Crippen LogP contribution in [0.4, 0.5) is 11.4 Å². The van der Waals surface area contributed by atoms with Gasteiger partial charge < -0.3 is 10.6 Å². The highest BCUT2D eigenvalue weighted by molar-refractivity contribution is 6.10. The maximum absolute atomic E-state index is 12.8. The molecular weight excluding hydrogens is 348 g/mol. The first kappa shape index (κ1) is 16.8. The lowest BCUT2D eigenvalue weighted by Crippen LogP contribution is -2.27. The number of anilines is 2. The molecule has 3 aromatic carbocycles. The Morgan fingerprint density at radius 2 is 1.00 bits per heavy atom. The van der Waals surface area contributed by atoms with E-state index in [4.69, 9.17) is 0 Å². The number of ketones is 2. The molecule has 0 aromatic heterocycles. The van der Waals surface area contributed by atoms with Crippen LogP contribution in [0.15, 0.2) is 72.8 Å². The van der Waals surface area contributed by atoms with Crippen LogP contribution >= 0.6 is 0 Å². The van der Waals surface area contributed by atoms with Gasteiger partial charge in [-0.2, -0.15) is 0 Å². The summed E-state index contributed by atoms with van der Waals surface area (Å²) in [4.78, 5) is 25.7. The van der Waals surface area contributed by atoms with Crippen molar-refractivity contribution in [3.05, 3.63) is 95.1 Å². The van der Waals surface area contributed by atoms with Crippen LogP contribution in [0.1, 0.15) is 56.8 Å². The number of hydrogen-bond acceptors (Lipinski definition) is 4. The number of carbonyl (C=O) groups excluding carboxylic acids is 2. The highest BCUT2D eigenvalue weighted by Crippen LogP contribution is 2.40. The molecule has 2 aliphatic rings. The summed E-state index contributed by atoms with van der Waals surface area (Å²) >= 11 is 0. The zero-order chi connectivity index (χ0) is 19.1. The summed E-state index contributed by atoms with van der Waals surface area (Å²) < 4.78 is 0. The predicted molar refractivity (Wildman–Crippen MR) is 110 cm³/mol. The molecule has 2 N–H and O–H groups in total. The van der Waals surface area contributed by atoms with Gasteiger partial charge in [0.2, 0.25) is 0 Å². The second kappa shape index (κ2) is 6.64. The maximum atomic E-state index is 12.8. The minimum absolute atomic E-state index is 0.0667. The Hall–Kier alpha value is -3.40. The van der Waals surface area contributed by atoms with E-state index < -0.39 is 0 Å². The van der Waals surface area contributed by atoms with E-state index >= 15 is 0 Å². The Kier molecular flexibility index (Phi) is 3.97. The minimum Gasteiger partial charge on any atom is -0.377 e. The Bertz CT molecular complexity index is 973. The van der Waals surface area contributed by atoms with Crippen LogP contribution in [0.25, 0.3) is 0 Å². The van der Waals surface area contributed by atoms with E-state index in [0.717, 1.165) is 22.5 Å². The zero-order valence-corrected chi connectivity index (χ0v) is 15.3. The Balaban J connectivity index is 1.50. The van der Waals surface area contributed by atoms with E-state index in [-0.39, 0.29) is 23.7 Å². The third kappa shape index (κ3) is 2.87. The lowest BCUT2D eigenvalue weighted by molar-refractivity contribution is 0.0959. The largest absolute Gasteiger partial charge is 0.377 e. The van der Waals surface area contributed by atoms with E-state index in [2.05, 4.69) is 10.6 Å². The van der Waals surface area contributed by atoms with Gasteiger partial charge in [-0.15, -0.1) is 0 Å². The van der Waals surface area contributed by atoms with Crippen LogP contribution in [0.5, 0.6) is 0 Å². The van der Waals surface area contributed by atoms with Crippen molar-refractivity contribution in [2.24, 2.45) is 0 Å². The monoisotopic (exact) mass is 368 g/mol. The summed E-state index contributed by atoms with van der Waals surface area (Å²) in [6.07, 6.45) is 0.817. The second-order valence-electron chi connectivity index (χ2n) is 7.41. The standard InChI is InChI=1S/C24H20N2O2/c27-23-13-19(15-7-3-1-4-8-15)25-21-11-18-22(12-17(21)23)26-20(14-24(18)28)16-9-5-2-6-10-16/h1-12,19-20,25-26H,13-14H2. The lowest BCUT2D eigenvalue weighted by atomic mass is 9.87. The molecule has 4 heteroatoms. The first-order chi connectivity index (χ1) is 13.7. The average Bonchev–Trinajstić information content (AvgIpc) is 2.74. The Labute approximate surface area is 163 Å². The molecule has 5 rings (SSSR count). The van der Waals surface area contributed by atoms with Gasteiger partial charge in [-0.25, -0.2) is 0 Å². The molecule has 2 aliphatic heterocycles. The first-order valence-corrected chi connectivity index (χ1v) is 9.56. The minimum atomic E-state index is -0.0667. The van der Waals surface area contributed by atoms with Crippen LogP contribution < -0.4 is 10.6 Å². The summed E-state index contributed by atoms with van der Waals surface area (Å²) in [5.74, 6) is 0.197. The third-order valence-electron chi connectivity index (χ3n) is 5.60. The molecule has 0 radical (unpaired) electrons. The number of Topliss-reactive ketones (excluding diaryl/α,β-unsaturated/α-hetero) is 2. The summed E-state index contributed by atoms with van der Waals surface area (Å²) in [6.45, 7) is 0. The van der Waals surface area contributed by atoms with Gasteiger partial charge >= 0.3 is 0 Å². The molecule has 0 amide bonds. The first-order valence-electron chi connectivity index (χ1n) is 9.56. The van der Waals surface area contributed by atoms with Crippen molar-refractivity contribution in [1.82, 2.24) is 0 Å². The summed E-state index contributed by atoms with van der Waals surface area (Å²) in [5, 5.41) is 6.91. The van der Waals surface area contributed by atoms with Gasteiger partial charge in [-0.05, 0) is 23.3 Å². The number of carbonyl (C=O) groups is 2. The van der Waals surface area contributed by atoms with Crippen molar-refractivity contribution in [2.75, 3.05) is 10.6 Å². The molecule has 0 saturated carbocycles.